The molecule has 0 spiro atoms. The monoisotopic (exact) mass is 358 g/mol. The van der Waals surface area contributed by atoms with Gasteiger partial charge in [-0.1, -0.05) is 24.3 Å². The van der Waals surface area contributed by atoms with Crippen LogP contribution in [-0.2, 0) is 11.3 Å². The zero-order chi connectivity index (χ0) is 18.0. The number of carbonyl (C=O) groups is 2. The number of nitro groups is 1. The number of imide groups is 1. The normalized spacial score (nSPS) is 15.9. The van der Waals surface area contributed by atoms with E-state index in [1.807, 2.05) is 0 Å². The lowest BCUT2D eigenvalue weighted by Gasteiger charge is -2.12. The number of nitrogens with zero attached hydrogens (tertiary/aromatic N) is 2. The van der Waals surface area contributed by atoms with Crippen LogP contribution < -0.4 is 0 Å². The quantitative estimate of drug-likeness (QED) is 0.469. The van der Waals surface area contributed by atoms with Crippen LogP contribution in [0.15, 0.2) is 53.4 Å². The molecule has 0 saturated carbocycles. The maximum absolute atomic E-state index is 12.9. The predicted octanol–water partition coefficient (Wildman–Crippen LogP) is 3.97. The van der Waals surface area contributed by atoms with Gasteiger partial charge in [0.25, 0.3) is 16.8 Å². The Bertz CT molecular complexity index is 879. The van der Waals surface area contributed by atoms with Crippen molar-refractivity contribution in [2.24, 2.45) is 0 Å². The van der Waals surface area contributed by atoms with Gasteiger partial charge in [0.15, 0.2) is 0 Å². The molecule has 3 rings (SSSR count). The van der Waals surface area contributed by atoms with Crippen LogP contribution in [-0.4, -0.2) is 21.0 Å². The van der Waals surface area contributed by atoms with Gasteiger partial charge in [-0.05, 0) is 41.1 Å². The zero-order valence-electron chi connectivity index (χ0n) is 12.7. The lowest BCUT2D eigenvalue weighted by molar-refractivity contribution is -0.384. The maximum atomic E-state index is 12.9. The summed E-state index contributed by atoms with van der Waals surface area (Å²) >= 11 is 0.805. The van der Waals surface area contributed by atoms with E-state index in [1.165, 1.54) is 54.6 Å². The molecule has 0 aromatic heterocycles. The van der Waals surface area contributed by atoms with Crippen molar-refractivity contribution in [2.75, 3.05) is 0 Å². The van der Waals surface area contributed by atoms with Gasteiger partial charge in [0, 0.05) is 12.1 Å². The molecule has 0 radical (unpaired) electrons. The second kappa shape index (κ2) is 6.86. The van der Waals surface area contributed by atoms with E-state index in [1.54, 1.807) is 0 Å². The molecular weight excluding hydrogens is 347 g/mol. The molecule has 8 heteroatoms. The summed E-state index contributed by atoms with van der Waals surface area (Å²) < 4.78 is 12.9. The van der Waals surface area contributed by atoms with E-state index in [0.717, 1.165) is 16.7 Å². The highest BCUT2D eigenvalue weighted by molar-refractivity contribution is 8.18. The van der Waals surface area contributed by atoms with Crippen molar-refractivity contribution in [1.82, 2.24) is 4.90 Å². The van der Waals surface area contributed by atoms with Gasteiger partial charge >= 0.3 is 0 Å². The SMILES string of the molecule is O=C1S/C(=C\c2ccc(F)cc2)C(=O)N1Cc1ccc([N+](=O)[O-])cc1. The average molecular weight is 358 g/mol. The van der Waals surface area contributed by atoms with Crippen LogP contribution in [0.5, 0.6) is 0 Å². The summed E-state index contributed by atoms with van der Waals surface area (Å²) in [7, 11) is 0. The molecular formula is C17H11FN2O4S. The van der Waals surface area contributed by atoms with Gasteiger partial charge in [-0.15, -0.1) is 0 Å². The summed E-state index contributed by atoms with van der Waals surface area (Å²) in [5.41, 5.74) is 1.16. The molecule has 1 heterocycles. The topological polar surface area (TPSA) is 80.5 Å². The fraction of sp³-hybridized carbons (Fsp3) is 0.0588. The van der Waals surface area contributed by atoms with Gasteiger partial charge in [-0.2, -0.15) is 0 Å². The van der Waals surface area contributed by atoms with E-state index in [9.17, 15) is 24.1 Å². The van der Waals surface area contributed by atoms with Crippen molar-refractivity contribution in [3.8, 4) is 0 Å². The minimum atomic E-state index is -0.519. The summed E-state index contributed by atoms with van der Waals surface area (Å²) in [6, 6.07) is 11.2. The molecule has 2 aromatic carbocycles. The summed E-state index contributed by atoms with van der Waals surface area (Å²) in [5, 5.41) is 10.2. The Hall–Kier alpha value is -3.00. The van der Waals surface area contributed by atoms with Gasteiger partial charge in [-0.25, -0.2) is 4.39 Å². The third-order valence-electron chi connectivity index (χ3n) is 3.53. The molecule has 126 valence electrons. The largest absolute Gasteiger partial charge is 0.293 e. The number of carbonyl (C=O) groups excluding carboxylic acids is 2. The Kier molecular flexibility index (Phi) is 4.62. The lowest BCUT2D eigenvalue weighted by atomic mass is 10.2. The summed E-state index contributed by atoms with van der Waals surface area (Å²) in [5.74, 6) is -0.832. The number of non-ortho nitro benzene ring substituents is 1. The van der Waals surface area contributed by atoms with E-state index >= 15 is 0 Å². The Morgan fingerprint density at radius 2 is 1.72 bits per heavy atom. The molecule has 0 N–H and O–H groups in total. The Morgan fingerprint density at radius 1 is 1.08 bits per heavy atom. The van der Waals surface area contributed by atoms with Gasteiger partial charge in [-0.3, -0.25) is 24.6 Å². The van der Waals surface area contributed by atoms with Gasteiger partial charge in [0.05, 0.1) is 16.4 Å². The average Bonchev–Trinajstić information content (AvgIpc) is 2.85. The lowest BCUT2D eigenvalue weighted by Crippen LogP contribution is -2.27. The number of benzene rings is 2. The highest BCUT2D eigenvalue weighted by Crippen LogP contribution is 2.33. The van der Waals surface area contributed by atoms with Crippen LogP contribution in [0, 0.1) is 15.9 Å². The molecule has 2 amide bonds. The molecule has 1 saturated heterocycles. The Balaban J connectivity index is 1.77. The van der Waals surface area contributed by atoms with Crippen LogP contribution in [0.25, 0.3) is 6.08 Å². The third kappa shape index (κ3) is 3.74. The second-order valence-corrected chi connectivity index (χ2v) is 6.24. The zero-order valence-corrected chi connectivity index (χ0v) is 13.5. The van der Waals surface area contributed by atoms with E-state index < -0.39 is 16.1 Å². The Labute approximate surface area is 146 Å². The molecule has 0 aliphatic carbocycles. The Morgan fingerprint density at radius 3 is 2.32 bits per heavy atom. The standard InChI is InChI=1S/C17H11FN2O4S/c18-13-5-1-11(2-6-13)9-15-16(21)19(17(22)25-15)10-12-3-7-14(8-4-12)20(23)24/h1-9H,10H2/b15-9-. The fourth-order valence-corrected chi connectivity index (χ4v) is 3.09. The number of hydrogen-bond acceptors (Lipinski definition) is 5. The minimum absolute atomic E-state index is 0.0312. The summed E-state index contributed by atoms with van der Waals surface area (Å²) in [4.78, 5) is 35.9. The fourth-order valence-electron chi connectivity index (χ4n) is 2.25. The van der Waals surface area contributed by atoms with Crippen molar-refractivity contribution in [1.29, 1.82) is 0 Å². The number of halogens is 1. The molecule has 6 nitrogen and oxygen atoms in total. The van der Waals surface area contributed by atoms with E-state index in [0.29, 0.717) is 11.1 Å². The summed E-state index contributed by atoms with van der Waals surface area (Å²) in [6.07, 6.45) is 1.53. The highest BCUT2D eigenvalue weighted by atomic mass is 32.2. The molecule has 0 bridgehead atoms. The first-order chi connectivity index (χ1) is 11.9. The molecule has 1 aliphatic heterocycles. The molecule has 1 aliphatic rings. The van der Waals surface area contributed by atoms with Crippen LogP contribution in [0.4, 0.5) is 14.9 Å². The van der Waals surface area contributed by atoms with Gasteiger partial charge < -0.3 is 0 Å². The summed E-state index contributed by atoms with van der Waals surface area (Å²) in [6.45, 7) is 0.0312. The number of nitro benzene ring substituents is 1. The van der Waals surface area contributed by atoms with Gasteiger partial charge in [0.1, 0.15) is 5.82 Å². The predicted molar refractivity (Wildman–Crippen MR) is 91.0 cm³/mol. The van der Waals surface area contributed by atoms with Crippen molar-refractivity contribution < 1.29 is 18.9 Å². The number of amides is 2. The first-order valence-corrected chi connectivity index (χ1v) is 8.00. The van der Waals surface area contributed by atoms with E-state index in [-0.39, 0.29) is 23.0 Å². The van der Waals surface area contributed by atoms with Crippen LogP contribution >= 0.6 is 11.8 Å². The smallest absolute Gasteiger partial charge is 0.268 e. The molecule has 0 unspecified atom stereocenters. The van der Waals surface area contributed by atoms with Crippen molar-refractivity contribution in [2.45, 2.75) is 6.54 Å². The minimum Gasteiger partial charge on any atom is -0.268 e. The molecule has 0 atom stereocenters. The molecule has 2 aromatic rings. The van der Waals surface area contributed by atoms with Gasteiger partial charge in [0.2, 0.25) is 0 Å². The first-order valence-electron chi connectivity index (χ1n) is 7.18. The maximum Gasteiger partial charge on any atom is 0.293 e. The second-order valence-electron chi connectivity index (χ2n) is 5.24. The van der Waals surface area contributed by atoms with Crippen LogP contribution in [0.3, 0.4) is 0 Å². The third-order valence-corrected chi connectivity index (χ3v) is 4.44. The van der Waals surface area contributed by atoms with E-state index in [4.69, 9.17) is 0 Å². The highest BCUT2D eigenvalue weighted by Gasteiger charge is 2.35. The first kappa shape index (κ1) is 16.8. The van der Waals surface area contributed by atoms with Crippen LogP contribution in [0.1, 0.15) is 11.1 Å². The number of rotatable bonds is 4. The molecule has 1 fully saturated rings. The van der Waals surface area contributed by atoms with E-state index in [2.05, 4.69) is 0 Å². The number of hydrogen-bond donors (Lipinski definition) is 0. The number of thioether (sulfide) groups is 1. The van der Waals surface area contributed by atoms with Crippen LogP contribution in [0.2, 0.25) is 0 Å². The molecule has 25 heavy (non-hydrogen) atoms. The van der Waals surface area contributed by atoms with Crippen molar-refractivity contribution in [3.05, 3.63) is 80.5 Å². The van der Waals surface area contributed by atoms with Crippen molar-refractivity contribution >= 4 is 34.7 Å². The van der Waals surface area contributed by atoms with Crippen molar-refractivity contribution in [3.63, 3.8) is 0 Å².